The van der Waals surface area contributed by atoms with E-state index in [1.54, 1.807) is 26.7 Å². The van der Waals surface area contributed by atoms with E-state index in [4.69, 9.17) is 15.2 Å². The first kappa shape index (κ1) is 11.2. The number of rotatable bonds is 5. The molecule has 0 fully saturated rings. The maximum atomic E-state index is 5.71. The van der Waals surface area contributed by atoms with Gasteiger partial charge in [-0.25, -0.2) is 4.98 Å². The molecule has 1 aromatic heterocycles. The van der Waals surface area contributed by atoms with Gasteiger partial charge in [0.1, 0.15) is 0 Å². The van der Waals surface area contributed by atoms with E-state index in [1.165, 1.54) is 0 Å². The molecule has 1 aromatic rings. The van der Waals surface area contributed by atoms with Gasteiger partial charge in [-0.2, -0.15) is 0 Å². The molecule has 5 heteroatoms. The molecule has 0 saturated carbocycles. The second kappa shape index (κ2) is 5.09. The molecule has 2 N–H and O–H groups in total. The van der Waals surface area contributed by atoms with Gasteiger partial charge in [0.2, 0.25) is 0 Å². The van der Waals surface area contributed by atoms with E-state index in [1.807, 2.05) is 11.5 Å². The highest BCUT2D eigenvalue weighted by Crippen LogP contribution is 2.16. The molecule has 0 spiro atoms. The van der Waals surface area contributed by atoms with Gasteiger partial charge in [0.15, 0.2) is 6.29 Å². The summed E-state index contributed by atoms with van der Waals surface area (Å²) < 4.78 is 12.2. The summed E-state index contributed by atoms with van der Waals surface area (Å²) in [6.45, 7) is 2.65. The number of imidazole rings is 1. The van der Waals surface area contributed by atoms with E-state index < -0.39 is 0 Å². The van der Waals surface area contributed by atoms with Crippen molar-refractivity contribution in [2.45, 2.75) is 25.8 Å². The largest absolute Gasteiger partial charge is 0.350 e. The second-order valence-corrected chi connectivity index (χ2v) is 3.25. The van der Waals surface area contributed by atoms with Gasteiger partial charge in [-0.1, -0.05) is 0 Å². The first-order valence-corrected chi connectivity index (χ1v) is 4.50. The third kappa shape index (κ3) is 2.54. The number of ether oxygens (including phenoxy) is 2. The molecule has 0 aliphatic carbocycles. The van der Waals surface area contributed by atoms with Crippen LogP contribution in [0, 0.1) is 0 Å². The van der Waals surface area contributed by atoms with Crippen molar-refractivity contribution in [2.24, 2.45) is 5.73 Å². The third-order valence-electron chi connectivity index (χ3n) is 1.90. The maximum Gasteiger partial charge on any atom is 0.200 e. The van der Waals surface area contributed by atoms with Crippen LogP contribution in [0.5, 0.6) is 0 Å². The lowest BCUT2D eigenvalue weighted by Crippen LogP contribution is -2.24. The molecule has 0 amide bonds. The molecule has 5 nitrogen and oxygen atoms in total. The van der Waals surface area contributed by atoms with Crippen molar-refractivity contribution < 1.29 is 9.47 Å². The third-order valence-corrected chi connectivity index (χ3v) is 1.90. The van der Waals surface area contributed by atoms with E-state index in [0.29, 0.717) is 6.54 Å². The van der Waals surface area contributed by atoms with Crippen LogP contribution in [0.4, 0.5) is 0 Å². The molecule has 1 atom stereocenters. The van der Waals surface area contributed by atoms with Crippen molar-refractivity contribution in [1.29, 1.82) is 0 Å². The summed E-state index contributed by atoms with van der Waals surface area (Å²) in [6.07, 6.45) is 3.07. The Morgan fingerprint density at radius 2 is 2.14 bits per heavy atom. The van der Waals surface area contributed by atoms with Crippen molar-refractivity contribution in [3.05, 3.63) is 18.2 Å². The Hall–Kier alpha value is -0.910. The fourth-order valence-electron chi connectivity index (χ4n) is 1.33. The standard InChI is InChI=1S/C9H17N3O2/c1-7(10)5-12-6-11-4-8(12)9(13-2)14-3/h4,6-7,9H,5,10H2,1-3H3. The predicted molar refractivity (Wildman–Crippen MR) is 52.6 cm³/mol. The van der Waals surface area contributed by atoms with Crippen LogP contribution in [0.15, 0.2) is 12.5 Å². The fourth-order valence-corrected chi connectivity index (χ4v) is 1.33. The van der Waals surface area contributed by atoms with Crippen LogP contribution in [0.25, 0.3) is 0 Å². The average Bonchev–Trinajstić information content (AvgIpc) is 2.55. The van der Waals surface area contributed by atoms with Crippen LogP contribution in [-0.2, 0) is 16.0 Å². The zero-order valence-electron chi connectivity index (χ0n) is 8.80. The zero-order chi connectivity index (χ0) is 10.6. The van der Waals surface area contributed by atoms with Crippen molar-refractivity contribution in [1.82, 2.24) is 9.55 Å². The monoisotopic (exact) mass is 199 g/mol. The Labute approximate surface area is 83.8 Å². The van der Waals surface area contributed by atoms with Gasteiger partial charge in [-0.3, -0.25) is 0 Å². The van der Waals surface area contributed by atoms with Gasteiger partial charge in [0.05, 0.1) is 18.2 Å². The summed E-state index contributed by atoms with van der Waals surface area (Å²) >= 11 is 0. The quantitative estimate of drug-likeness (QED) is 0.702. The highest BCUT2D eigenvalue weighted by molar-refractivity contribution is 5.00. The van der Waals surface area contributed by atoms with Crippen LogP contribution in [0.3, 0.4) is 0 Å². The van der Waals surface area contributed by atoms with Crippen LogP contribution in [-0.4, -0.2) is 29.8 Å². The number of methoxy groups -OCH3 is 2. The van der Waals surface area contributed by atoms with Gasteiger partial charge in [0.25, 0.3) is 0 Å². The molecule has 1 heterocycles. The lowest BCUT2D eigenvalue weighted by atomic mass is 10.3. The molecule has 80 valence electrons. The summed E-state index contributed by atoms with van der Waals surface area (Å²) in [5, 5.41) is 0. The normalized spacial score (nSPS) is 13.5. The van der Waals surface area contributed by atoms with Crippen LogP contribution >= 0.6 is 0 Å². The molecule has 0 bridgehead atoms. The lowest BCUT2D eigenvalue weighted by molar-refractivity contribution is -0.110. The minimum Gasteiger partial charge on any atom is -0.350 e. The minimum atomic E-state index is -0.378. The van der Waals surface area contributed by atoms with E-state index >= 15 is 0 Å². The fraction of sp³-hybridized carbons (Fsp3) is 0.667. The maximum absolute atomic E-state index is 5.71. The molecule has 0 aliphatic heterocycles. The van der Waals surface area contributed by atoms with E-state index in [9.17, 15) is 0 Å². The minimum absolute atomic E-state index is 0.0808. The summed E-state index contributed by atoms with van der Waals surface area (Å²) in [5.41, 5.74) is 6.59. The van der Waals surface area contributed by atoms with Crippen molar-refractivity contribution in [3.8, 4) is 0 Å². The van der Waals surface area contributed by atoms with Crippen LogP contribution in [0.2, 0.25) is 0 Å². The van der Waals surface area contributed by atoms with Gasteiger partial charge in [0, 0.05) is 26.8 Å². The van der Waals surface area contributed by atoms with Crippen molar-refractivity contribution in [2.75, 3.05) is 14.2 Å². The molecular formula is C9H17N3O2. The number of hydrogen-bond donors (Lipinski definition) is 1. The highest BCUT2D eigenvalue weighted by atomic mass is 16.7. The molecule has 1 unspecified atom stereocenters. The average molecular weight is 199 g/mol. The summed E-state index contributed by atoms with van der Waals surface area (Å²) in [6, 6.07) is 0.0808. The molecule has 0 saturated heterocycles. The van der Waals surface area contributed by atoms with Crippen LogP contribution < -0.4 is 5.73 Å². The summed E-state index contributed by atoms with van der Waals surface area (Å²) in [4.78, 5) is 4.04. The second-order valence-electron chi connectivity index (χ2n) is 3.25. The number of aromatic nitrogens is 2. The van der Waals surface area contributed by atoms with Crippen LogP contribution in [0.1, 0.15) is 18.9 Å². The SMILES string of the molecule is COC(OC)c1cncn1CC(C)N. The van der Waals surface area contributed by atoms with Gasteiger partial charge in [-0.05, 0) is 6.92 Å². The molecule has 1 rings (SSSR count). The van der Waals surface area contributed by atoms with E-state index in [0.717, 1.165) is 5.69 Å². The zero-order valence-corrected chi connectivity index (χ0v) is 8.80. The molecule has 14 heavy (non-hydrogen) atoms. The first-order chi connectivity index (χ1) is 6.69. The topological polar surface area (TPSA) is 62.3 Å². The summed E-state index contributed by atoms with van der Waals surface area (Å²) in [5.74, 6) is 0. The Morgan fingerprint density at radius 1 is 1.50 bits per heavy atom. The van der Waals surface area contributed by atoms with E-state index in [2.05, 4.69) is 4.98 Å². The predicted octanol–water partition coefficient (Wildman–Crippen LogP) is 0.522. The number of nitrogens with two attached hydrogens (primary N) is 1. The molecule has 0 aliphatic rings. The Balaban J connectivity index is 2.80. The molecule has 0 radical (unpaired) electrons. The van der Waals surface area contributed by atoms with Gasteiger partial charge in [-0.15, -0.1) is 0 Å². The Morgan fingerprint density at radius 3 is 2.64 bits per heavy atom. The highest BCUT2D eigenvalue weighted by Gasteiger charge is 2.14. The number of hydrogen-bond acceptors (Lipinski definition) is 4. The van der Waals surface area contributed by atoms with Gasteiger partial charge >= 0.3 is 0 Å². The van der Waals surface area contributed by atoms with Crippen molar-refractivity contribution >= 4 is 0 Å². The number of nitrogens with zero attached hydrogens (tertiary/aromatic N) is 2. The smallest absolute Gasteiger partial charge is 0.200 e. The van der Waals surface area contributed by atoms with Crippen molar-refractivity contribution in [3.63, 3.8) is 0 Å². The molecule has 0 aromatic carbocycles. The lowest BCUT2D eigenvalue weighted by Gasteiger charge is -2.16. The Bertz CT molecular complexity index is 269. The summed E-state index contributed by atoms with van der Waals surface area (Å²) in [7, 11) is 3.19. The first-order valence-electron chi connectivity index (χ1n) is 4.50. The van der Waals surface area contributed by atoms with E-state index in [-0.39, 0.29) is 12.3 Å². The Kier molecular flexibility index (Phi) is 4.06. The molecular weight excluding hydrogens is 182 g/mol. The van der Waals surface area contributed by atoms with Gasteiger partial charge < -0.3 is 19.8 Å².